The number of piperidine rings is 2. The summed E-state index contributed by atoms with van der Waals surface area (Å²) in [7, 11) is 4.13. The molecule has 8 heteroatoms. The van der Waals surface area contributed by atoms with Crippen molar-refractivity contribution in [1.29, 1.82) is 0 Å². The normalized spacial score (nSPS) is 25.7. The second kappa shape index (κ2) is 7.91. The van der Waals surface area contributed by atoms with Crippen LogP contribution in [0, 0.1) is 19.3 Å². The molecule has 8 nitrogen and oxygen atoms in total. The zero-order chi connectivity index (χ0) is 20.6. The zero-order valence-corrected chi connectivity index (χ0v) is 17.9. The van der Waals surface area contributed by atoms with Crippen LogP contribution in [0.5, 0.6) is 0 Å². The third-order valence-electron chi connectivity index (χ3n) is 6.84. The predicted molar refractivity (Wildman–Crippen MR) is 109 cm³/mol. The molecule has 0 saturated carbocycles. The lowest BCUT2D eigenvalue weighted by Gasteiger charge is -2.53. The number of hydrogen-bond donors (Lipinski definition) is 1. The van der Waals surface area contributed by atoms with Gasteiger partial charge in [0, 0.05) is 43.5 Å². The number of aromatic nitrogens is 3. The van der Waals surface area contributed by atoms with Gasteiger partial charge in [0.2, 0.25) is 5.91 Å². The van der Waals surface area contributed by atoms with E-state index in [1.165, 1.54) is 11.3 Å². The largest absolute Gasteiger partial charge is 0.361 e. The summed E-state index contributed by atoms with van der Waals surface area (Å²) < 4.78 is 7.06. The molecule has 29 heavy (non-hydrogen) atoms. The van der Waals surface area contributed by atoms with Gasteiger partial charge in [-0.25, -0.2) is 0 Å². The summed E-state index contributed by atoms with van der Waals surface area (Å²) >= 11 is 0. The van der Waals surface area contributed by atoms with Gasteiger partial charge in [0.1, 0.15) is 11.5 Å². The molecule has 4 heterocycles. The van der Waals surface area contributed by atoms with Gasteiger partial charge >= 0.3 is 0 Å². The van der Waals surface area contributed by atoms with Crippen LogP contribution in [0.4, 0.5) is 0 Å². The number of rotatable bonds is 5. The van der Waals surface area contributed by atoms with Gasteiger partial charge in [-0.05, 0) is 53.2 Å². The highest BCUT2D eigenvalue weighted by molar-refractivity contribution is 5.83. The molecule has 1 N–H and O–H groups in total. The lowest BCUT2D eigenvalue weighted by atomic mass is 9.67. The van der Waals surface area contributed by atoms with E-state index in [2.05, 4.69) is 39.3 Å². The Morgan fingerprint density at radius 1 is 1.31 bits per heavy atom. The van der Waals surface area contributed by atoms with Crippen LogP contribution >= 0.6 is 0 Å². The lowest BCUT2D eigenvalue weighted by molar-refractivity contribution is -0.145. The standard InChI is InChI=1S/C21H32N6O2/c1-15-10-18(24-29-15)12-22-20(28)21-6-5-8-27(19(21)14-25(3)9-7-21)13-17-11-23-26(4)16(17)2/h10-11,19H,5-9,12-14H2,1-4H3,(H,22,28)/t19-,21+/m0/s1. The highest BCUT2D eigenvalue weighted by Gasteiger charge is 2.52. The summed E-state index contributed by atoms with van der Waals surface area (Å²) in [6.45, 7) is 8.12. The second-order valence-corrected chi connectivity index (χ2v) is 8.75. The molecule has 2 atom stereocenters. The van der Waals surface area contributed by atoms with Gasteiger partial charge in [0.25, 0.3) is 0 Å². The molecule has 2 aromatic heterocycles. The first kappa shape index (κ1) is 20.1. The maximum absolute atomic E-state index is 13.5. The van der Waals surface area contributed by atoms with Crippen molar-refractivity contribution in [3.05, 3.63) is 35.0 Å². The van der Waals surface area contributed by atoms with Crippen LogP contribution in [0.3, 0.4) is 0 Å². The smallest absolute Gasteiger partial charge is 0.228 e. The van der Waals surface area contributed by atoms with E-state index in [1.54, 1.807) is 0 Å². The van der Waals surface area contributed by atoms with E-state index in [0.29, 0.717) is 6.54 Å². The molecule has 0 unspecified atom stereocenters. The van der Waals surface area contributed by atoms with Crippen LogP contribution in [0.1, 0.15) is 42.0 Å². The summed E-state index contributed by atoms with van der Waals surface area (Å²) in [4.78, 5) is 18.3. The lowest BCUT2D eigenvalue weighted by Crippen LogP contribution is -2.65. The SMILES string of the molecule is Cc1cc(CNC(=O)[C@@]23CCCN(Cc4cnn(C)c4C)[C@H]2CN(C)CC3)no1. The summed E-state index contributed by atoms with van der Waals surface area (Å²) in [5.41, 5.74) is 2.86. The van der Waals surface area contributed by atoms with Crippen molar-refractivity contribution in [2.75, 3.05) is 26.7 Å². The van der Waals surface area contributed by atoms with E-state index >= 15 is 0 Å². The summed E-state index contributed by atoms with van der Waals surface area (Å²) in [5, 5.41) is 11.6. The molecule has 0 spiro atoms. The average molecular weight is 401 g/mol. The first-order chi connectivity index (χ1) is 13.9. The molecule has 0 bridgehead atoms. The minimum Gasteiger partial charge on any atom is -0.361 e. The van der Waals surface area contributed by atoms with Crippen molar-refractivity contribution in [2.45, 2.75) is 52.2 Å². The molecule has 1 amide bonds. The maximum atomic E-state index is 13.5. The van der Waals surface area contributed by atoms with Gasteiger partial charge < -0.3 is 14.7 Å². The minimum atomic E-state index is -0.348. The first-order valence-electron chi connectivity index (χ1n) is 10.5. The fourth-order valence-electron chi connectivity index (χ4n) is 4.96. The number of amides is 1. The Bertz CT molecular complexity index is 874. The van der Waals surface area contributed by atoms with Gasteiger partial charge in [-0.2, -0.15) is 5.10 Å². The van der Waals surface area contributed by atoms with Gasteiger partial charge in [0.05, 0.1) is 18.2 Å². The molecule has 158 valence electrons. The fraction of sp³-hybridized carbons (Fsp3) is 0.667. The maximum Gasteiger partial charge on any atom is 0.228 e. The second-order valence-electron chi connectivity index (χ2n) is 8.75. The number of likely N-dealkylation sites (tertiary alicyclic amines) is 2. The molecule has 2 fully saturated rings. The van der Waals surface area contributed by atoms with E-state index in [-0.39, 0.29) is 17.4 Å². The van der Waals surface area contributed by atoms with E-state index in [0.717, 1.165) is 56.9 Å². The monoisotopic (exact) mass is 400 g/mol. The molecule has 0 aliphatic carbocycles. The number of aryl methyl sites for hydroxylation is 2. The Hall–Kier alpha value is -2.19. The van der Waals surface area contributed by atoms with Crippen LogP contribution < -0.4 is 5.32 Å². The van der Waals surface area contributed by atoms with Crippen LogP contribution in [0.2, 0.25) is 0 Å². The molecule has 2 saturated heterocycles. The number of carbonyl (C=O) groups is 1. The van der Waals surface area contributed by atoms with Crippen molar-refractivity contribution in [1.82, 2.24) is 30.1 Å². The number of carbonyl (C=O) groups excluding carboxylic acids is 1. The van der Waals surface area contributed by atoms with Crippen LogP contribution in [-0.2, 0) is 24.9 Å². The van der Waals surface area contributed by atoms with Gasteiger partial charge in [-0.3, -0.25) is 14.4 Å². The van der Waals surface area contributed by atoms with E-state index in [9.17, 15) is 4.79 Å². The third-order valence-corrected chi connectivity index (χ3v) is 6.84. The topological polar surface area (TPSA) is 79.4 Å². The minimum absolute atomic E-state index is 0.156. The fourth-order valence-corrected chi connectivity index (χ4v) is 4.96. The number of hydrogen-bond acceptors (Lipinski definition) is 6. The van der Waals surface area contributed by atoms with E-state index in [1.807, 2.05) is 30.9 Å². The molecular weight excluding hydrogens is 368 g/mol. The highest BCUT2D eigenvalue weighted by atomic mass is 16.5. The van der Waals surface area contributed by atoms with Gasteiger partial charge in [-0.15, -0.1) is 0 Å². The van der Waals surface area contributed by atoms with E-state index in [4.69, 9.17) is 4.52 Å². The molecule has 2 aromatic rings. The molecule has 2 aliphatic heterocycles. The summed E-state index contributed by atoms with van der Waals surface area (Å²) in [5.74, 6) is 0.920. The summed E-state index contributed by atoms with van der Waals surface area (Å²) in [6, 6.07) is 2.08. The number of fused-ring (bicyclic) bond motifs is 1. The Balaban J connectivity index is 1.54. The van der Waals surface area contributed by atoms with Crippen LogP contribution in [0.25, 0.3) is 0 Å². The van der Waals surface area contributed by atoms with Crippen molar-refractivity contribution in [3.63, 3.8) is 0 Å². The molecule has 0 radical (unpaired) electrons. The Kier molecular flexibility index (Phi) is 5.48. The van der Waals surface area contributed by atoms with Crippen LogP contribution in [0.15, 0.2) is 16.8 Å². The zero-order valence-electron chi connectivity index (χ0n) is 17.9. The third kappa shape index (κ3) is 3.83. The van der Waals surface area contributed by atoms with Crippen molar-refractivity contribution in [2.24, 2.45) is 12.5 Å². The van der Waals surface area contributed by atoms with Gasteiger partial charge in [0.15, 0.2) is 0 Å². The average Bonchev–Trinajstić information content (AvgIpc) is 3.26. The van der Waals surface area contributed by atoms with E-state index < -0.39 is 0 Å². The molecule has 2 aliphatic rings. The Morgan fingerprint density at radius 2 is 2.14 bits per heavy atom. The van der Waals surface area contributed by atoms with Crippen molar-refractivity contribution >= 4 is 5.91 Å². The predicted octanol–water partition coefficient (Wildman–Crippen LogP) is 1.63. The molecule has 0 aromatic carbocycles. The van der Waals surface area contributed by atoms with Crippen molar-refractivity contribution < 1.29 is 9.32 Å². The number of nitrogens with one attached hydrogen (secondary N) is 1. The Morgan fingerprint density at radius 3 is 2.83 bits per heavy atom. The number of likely N-dealkylation sites (N-methyl/N-ethyl adjacent to an activating group) is 1. The molecule has 4 rings (SSSR count). The van der Waals surface area contributed by atoms with Gasteiger partial charge in [-0.1, -0.05) is 5.16 Å². The van der Waals surface area contributed by atoms with Crippen molar-refractivity contribution in [3.8, 4) is 0 Å². The quantitative estimate of drug-likeness (QED) is 0.822. The first-order valence-corrected chi connectivity index (χ1v) is 10.5. The van der Waals surface area contributed by atoms with Crippen LogP contribution in [-0.4, -0.2) is 63.4 Å². The Labute approximate surface area is 172 Å². The highest BCUT2D eigenvalue weighted by Crippen LogP contribution is 2.43. The number of nitrogens with zero attached hydrogens (tertiary/aromatic N) is 5. The molecular formula is C21H32N6O2. The summed E-state index contributed by atoms with van der Waals surface area (Å²) in [6.07, 6.45) is 4.83.